The largest absolute Gasteiger partial charge is 0.486 e. The molecule has 0 fully saturated rings. The van der Waals surface area contributed by atoms with Gasteiger partial charge < -0.3 is 9.47 Å². The Kier molecular flexibility index (Phi) is 3.88. The molecule has 2 nitrogen and oxygen atoms in total. The molecule has 2 rings (SSSR count). The van der Waals surface area contributed by atoms with Crippen LogP contribution in [0.5, 0.6) is 11.5 Å². The number of hydrogen-bond donors (Lipinski definition) is 0. The topological polar surface area (TPSA) is 18.5 Å². The number of alkyl halides is 1. The molecule has 86 valence electrons. The standard InChI is InChI=1S/C13H15BrO2/c1-2-10(9-14)7-11-3-4-12-13(8-11)16-6-5-15-12/h3-4,7-8H,2,5-6,9H2,1H3. The van der Waals surface area contributed by atoms with Crippen molar-refractivity contribution in [1.29, 1.82) is 0 Å². The van der Waals surface area contributed by atoms with Gasteiger partial charge in [-0.3, -0.25) is 0 Å². The molecule has 3 heteroatoms. The number of fused-ring (bicyclic) bond motifs is 1. The molecular formula is C13H15BrO2. The average Bonchev–Trinajstić information content (AvgIpc) is 2.35. The van der Waals surface area contributed by atoms with Crippen LogP contribution >= 0.6 is 15.9 Å². The summed E-state index contributed by atoms with van der Waals surface area (Å²) in [6.07, 6.45) is 3.24. The second-order valence-corrected chi connectivity index (χ2v) is 4.25. The first-order valence-corrected chi connectivity index (χ1v) is 6.60. The van der Waals surface area contributed by atoms with Crippen molar-refractivity contribution in [2.45, 2.75) is 13.3 Å². The van der Waals surface area contributed by atoms with Crippen molar-refractivity contribution < 1.29 is 9.47 Å². The fourth-order valence-corrected chi connectivity index (χ4v) is 2.18. The van der Waals surface area contributed by atoms with E-state index < -0.39 is 0 Å². The van der Waals surface area contributed by atoms with Crippen LogP contribution in [0, 0.1) is 0 Å². The fourth-order valence-electron chi connectivity index (χ4n) is 1.62. The third-order valence-corrected chi connectivity index (χ3v) is 3.28. The first-order chi connectivity index (χ1) is 7.83. The first kappa shape index (κ1) is 11.5. The lowest BCUT2D eigenvalue weighted by molar-refractivity contribution is 0.171. The van der Waals surface area contributed by atoms with Gasteiger partial charge in [-0.1, -0.05) is 40.6 Å². The summed E-state index contributed by atoms with van der Waals surface area (Å²) in [6.45, 7) is 3.44. The van der Waals surface area contributed by atoms with Gasteiger partial charge in [-0.15, -0.1) is 0 Å². The van der Waals surface area contributed by atoms with E-state index in [4.69, 9.17) is 9.47 Å². The van der Waals surface area contributed by atoms with Crippen LogP contribution in [-0.2, 0) is 0 Å². The Balaban J connectivity index is 2.26. The Morgan fingerprint density at radius 2 is 2.06 bits per heavy atom. The fraction of sp³-hybridized carbons (Fsp3) is 0.385. The van der Waals surface area contributed by atoms with E-state index in [-0.39, 0.29) is 0 Å². The molecule has 1 aliphatic rings. The SMILES string of the molecule is CCC(=Cc1ccc2c(c1)OCCO2)CBr. The van der Waals surface area contributed by atoms with E-state index >= 15 is 0 Å². The molecule has 0 amide bonds. The highest BCUT2D eigenvalue weighted by Gasteiger charge is 2.10. The molecule has 0 saturated heterocycles. The average molecular weight is 283 g/mol. The normalized spacial score (nSPS) is 15.0. The van der Waals surface area contributed by atoms with Crippen LogP contribution in [0.2, 0.25) is 0 Å². The molecule has 0 N–H and O–H groups in total. The maximum absolute atomic E-state index is 5.55. The maximum atomic E-state index is 5.55. The van der Waals surface area contributed by atoms with Gasteiger partial charge in [0.15, 0.2) is 11.5 Å². The van der Waals surface area contributed by atoms with Gasteiger partial charge in [-0.05, 0) is 24.1 Å². The first-order valence-electron chi connectivity index (χ1n) is 5.48. The van der Waals surface area contributed by atoms with Crippen molar-refractivity contribution in [2.75, 3.05) is 18.5 Å². The minimum atomic E-state index is 0.638. The van der Waals surface area contributed by atoms with E-state index in [0.717, 1.165) is 23.2 Å². The molecule has 0 spiro atoms. The van der Waals surface area contributed by atoms with Gasteiger partial charge in [0.2, 0.25) is 0 Å². The second-order valence-electron chi connectivity index (χ2n) is 3.69. The van der Waals surface area contributed by atoms with Crippen molar-refractivity contribution in [3.8, 4) is 11.5 Å². The van der Waals surface area contributed by atoms with Crippen LogP contribution in [-0.4, -0.2) is 18.5 Å². The van der Waals surface area contributed by atoms with E-state index in [9.17, 15) is 0 Å². The third kappa shape index (κ3) is 2.59. The number of hydrogen-bond acceptors (Lipinski definition) is 2. The number of rotatable bonds is 3. The summed E-state index contributed by atoms with van der Waals surface area (Å²) >= 11 is 3.48. The summed E-state index contributed by atoms with van der Waals surface area (Å²) in [5, 5.41) is 0.915. The Bertz CT molecular complexity index is 393. The van der Waals surface area contributed by atoms with Gasteiger partial charge in [-0.25, -0.2) is 0 Å². The molecular weight excluding hydrogens is 268 g/mol. The lowest BCUT2D eigenvalue weighted by Crippen LogP contribution is -2.15. The Labute approximate surface area is 104 Å². The van der Waals surface area contributed by atoms with E-state index in [0.29, 0.717) is 13.2 Å². The van der Waals surface area contributed by atoms with Crippen LogP contribution in [0.25, 0.3) is 6.08 Å². The minimum absolute atomic E-state index is 0.638. The molecule has 1 aromatic rings. The number of benzene rings is 1. The van der Waals surface area contributed by atoms with Crippen molar-refractivity contribution >= 4 is 22.0 Å². The highest BCUT2D eigenvalue weighted by molar-refractivity contribution is 9.09. The summed E-state index contributed by atoms with van der Waals surface area (Å²) in [5.74, 6) is 1.70. The highest BCUT2D eigenvalue weighted by Crippen LogP contribution is 2.31. The van der Waals surface area contributed by atoms with Crippen LogP contribution in [0.1, 0.15) is 18.9 Å². The highest BCUT2D eigenvalue weighted by atomic mass is 79.9. The van der Waals surface area contributed by atoms with Crippen LogP contribution < -0.4 is 9.47 Å². The second kappa shape index (κ2) is 5.39. The monoisotopic (exact) mass is 282 g/mol. The molecule has 0 unspecified atom stereocenters. The summed E-state index contributed by atoms with van der Waals surface area (Å²) in [6, 6.07) is 6.07. The summed E-state index contributed by atoms with van der Waals surface area (Å²) in [7, 11) is 0. The third-order valence-electron chi connectivity index (χ3n) is 2.56. The molecule has 0 saturated carbocycles. The van der Waals surface area contributed by atoms with Crippen molar-refractivity contribution in [1.82, 2.24) is 0 Å². The molecule has 0 aliphatic carbocycles. The molecule has 1 aromatic carbocycles. The van der Waals surface area contributed by atoms with Gasteiger partial charge in [0.05, 0.1) is 0 Å². The smallest absolute Gasteiger partial charge is 0.161 e. The van der Waals surface area contributed by atoms with Crippen LogP contribution in [0.4, 0.5) is 0 Å². The Morgan fingerprint density at radius 1 is 1.31 bits per heavy atom. The van der Waals surface area contributed by atoms with Gasteiger partial charge in [-0.2, -0.15) is 0 Å². The molecule has 1 heterocycles. The molecule has 1 aliphatic heterocycles. The number of ether oxygens (including phenoxy) is 2. The zero-order valence-electron chi connectivity index (χ0n) is 9.33. The van der Waals surface area contributed by atoms with Gasteiger partial charge in [0.25, 0.3) is 0 Å². The van der Waals surface area contributed by atoms with E-state index in [2.05, 4.69) is 35.0 Å². The molecule has 16 heavy (non-hydrogen) atoms. The molecule has 0 bridgehead atoms. The van der Waals surface area contributed by atoms with Crippen molar-refractivity contribution in [3.05, 3.63) is 29.3 Å². The van der Waals surface area contributed by atoms with Gasteiger partial charge in [0.1, 0.15) is 13.2 Å². The lowest BCUT2D eigenvalue weighted by atomic mass is 10.1. The predicted octanol–water partition coefficient (Wildman–Crippen LogP) is 3.65. The Morgan fingerprint density at radius 3 is 2.75 bits per heavy atom. The molecule has 0 atom stereocenters. The van der Waals surface area contributed by atoms with Gasteiger partial charge >= 0.3 is 0 Å². The van der Waals surface area contributed by atoms with Crippen LogP contribution in [0.15, 0.2) is 23.8 Å². The lowest BCUT2D eigenvalue weighted by Gasteiger charge is -2.18. The van der Waals surface area contributed by atoms with Crippen molar-refractivity contribution in [2.24, 2.45) is 0 Å². The quantitative estimate of drug-likeness (QED) is 0.788. The maximum Gasteiger partial charge on any atom is 0.161 e. The van der Waals surface area contributed by atoms with Crippen molar-refractivity contribution in [3.63, 3.8) is 0 Å². The summed E-state index contributed by atoms with van der Waals surface area (Å²) < 4.78 is 11.0. The molecule has 0 aromatic heterocycles. The number of halogens is 1. The summed E-state index contributed by atoms with van der Waals surface area (Å²) in [4.78, 5) is 0. The predicted molar refractivity (Wildman–Crippen MR) is 69.5 cm³/mol. The zero-order chi connectivity index (χ0) is 11.4. The van der Waals surface area contributed by atoms with E-state index in [1.165, 1.54) is 11.1 Å². The number of allylic oxidation sites excluding steroid dienone is 1. The Hall–Kier alpha value is -0.960. The van der Waals surface area contributed by atoms with Gasteiger partial charge in [0, 0.05) is 5.33 Å². The minimum Gasteiger partial charge on any atom is -0.486 e. The zero-order valence-corrected chi connectivity index (χ0v) is 10.9. The summed E-state index contributed by atoms with van der Waals surface area (Å²) in [5.41, 5.74) is 2.54. The van der Waals surface area contributed by atoms with Crippen LogP contribution in [0.3, 0.4) is 0 Å². The molecule has 0 radical (unpaired) electrons. The van der Waals surface area contributed by atoms with E-state index in [1.807, 2.05) is 12.1 Å². The van der Waals surface area contributed by atoms with E-state index in [1.54, 1.807) is 0 Å².